The van der Waals surface area contributed by atoms with Crippen LogP contribution < -0.4 is 10.5 Å². The first kappa shape index (κ1) is 17.7. The van der Waals surface area contributed by atoms with Crippen LogP contribution in [0.25, 0.3) is 21.9 Å². The Morgan fingerprint density at radius 3 is 2.90 bits per heavy atom. The Morgan fingerprint density at radius 2 is 2.00 bits per heavy atom. The lowest BCUT2D eigenvalue weighted by molar-refractivity contribution is -0.0156. The Balaban J connectivity index is 1.12. The number of fused-ring (bicyclic) bond motifs is 2. The zero-order valence-corrected chi connectivity index (χ0v) is 16.6. The highest BCUT2D eigenvalue weighted by Gasteiger charge is 2.28. The van der Waals surface area contributed by atoms with Gasteiger partial charge in [0.2, 0.25) is 0 Å². The molecule has 0 radical (unpaired) electrons. The van der Waals surface area contributed by atoms with Gasteiger partial charge in [0.25, 0.3) is 0 Å². The summed E-state index contributed by atoms with van der Waals surface area (Å²) in [5, 5.41) is 2.03. The van der Waals surface area contributed by atoms with E-state index in [4.69, 9.17) is 15.2 Å². The van der Waals surface area contributed by atoms with Crippen LogP contribution >= 0.6 is 0 Å². The smallest absolute Gasteiger partial charge is 0.147 e. The number of hydrogen-bond acceptors (Lipinski definition) is 6. The quantitative estimate of drug-likeness (QED) is 0.539. The zero-order chi connectivity index (χ0) is 20.1. The van der Waals surface area contributed by atoms with Gasteiger partial charge in [0.05, 0.1) is 17.0 Å². The first-order chi connectivity index (χ1) is 14.7. The molecule has 2 aliphatic rings. The number of anilines is 1. The van der Waals surface area contributed by atoms with Gasteiger partial charge in [-0.05, 0) is 61.4 Å². The Bertz CT molecular complexity index is 1230. The molecule has 30 heavy (non-hydrogen) atoms. The molecule has 1 saturated heterocycles. The van der Waals surface area contributed by atoms with Gasteiger partial charge in [0, 0.05) is 23.8 Å². The van der Waals surface area contributed by atoms with Gasteiger partial charge in [-0.15, -0.1) is 0 Å². The van der Waals surface area contributed by atoms with E-state index in [9.17, 15) is 0 Å². The van der Waals surface area contributed by atoms with E-state index in [0.29, 0.717) is 18.3 Å². The van der Waals surface area contributed by atoms with Crippen LogP contribution in [0.2, 0.25) is 0 Å². The van der Waals surface area contributed by atoms with Crippen LogP contribution in [0.15, 0.2) is 49.1 Å². The van der Waals surface area contributed by atoms with Crippen LogP contribution in [0.5, 0.6) is 5.75 Å². The summed E-state index contributed by atoms with van der Waals surface area (Å²) in [4.78, 5) is 13.0. The van der Waals surface area contributed by atoms with Crippen molar-refractivity contribution in [2.24, 2.45) is 0 Å². The first-order valence-corrected chi connectivity index (χ1v) is 10.5. The molecule has 4 heterocycles. The lowest BCUT2D eigenvalue weighted by atomic mass is 10.1. The van der Waals surface area contributed by atoms with Crippen LogP contribution in [0.1, 0.15) is 43.4 Å². The van der Waals surface area contributed by atoms with Crippen LogP contribution in [-0.2, 0) is 4.74 Å². The molecule has 6 rings (SSSR count). The summed E-state index contributed by atoms with van der Waals surface area (Å²) in [6.07, 6.45) is 9.85. The van der Waals surface area contributed by atoms with Crippen LogP contribution in [0.3, 0.4) is 0 Å². The second-order valence-corrected chi connectivity index (χ2v) is 8.22. The average Bonchev–Trinajstić information content (AvgIpc) is 3.35. The number of aromatic nitrogens is 4. The standard InChI is InChI=1S/C23H23N5O2/c24-22-19-7-8-28(23(19)27-13-26-22)21-6-5-18(30-21)12-29-17-4-3-15-9-16(14-1-2-14)11-25-20(15)10-17/h3-4,7-11,13-14,18,21H,1-2,5-6,12H2,(H2,24,26,27). The van der Waals surface area contributed by atoms with E-state index in [1.54, 1.807) is 0 Å². The molecule has 4 aromatic rings. The molecular formula is C23H23N5O2. The molecule has 1 saturated carbocycles. The van der Waals surface area contributed by atoms with Crippen molar-refractivity contribution in [3.63, 3.8) is 0 Å². The first-order valence-electron chi connectivity index (χ1n) is 10.5. The molecular weight excluding hydrogens is 378 g/mol. The maximum absolute atomic E-state index is 6.23. The van der Waals surface area contributed by atoms with E-state index >= 15 is 0 Å². The third kappa shape index (κ3) is 3.15. The summed E-state index contributed by atoms with van der Waals surface area (Å²) in [6.45, 7) is 0.512. The van der Waals surface area contributed by atoms with Gasteiger partial charge in [-0.3, -0.25) is 4.98 Å². The van der Waals surface area contributed by atoms with Gasteiger partial charge in [0.15, 0.2) is 0 Å². The lowest BCUT2D eigenvalue weighted by Crippen LogP contribution is -2.18. The fourth-order valence-electron chi connectivity index (χ4n) is 4.27. The molecule has 152 valence electrons. The Morgan fingerprint density at radius 1 is 1.07 bits per heavy atom. The normalized spacial score (nSPS) is 21.5. The molecule has 1 aliphatic heterocycles. The van der Waals surface area contributed by atoms with E-state index in [1.807, 2.05) is 35.2 Å². The van der Waals surface area contributed by atoms with Gasteiger partial charge >= 0.3 is 0 Å². The summed E-state index contributed by atoms with van der Waals surface area (Å²) in [7, 11) is 0. The minimum absolute atomic E-state index is 0.0348. The van der Waals surface area contributed by atoms with Crippen LogP contribution in [0, 0.1) is 0 Å². The number of nitrogens with zero attached hydrogens (tertiary/aromatic N) is 4. The van der Waals surface area contributed by atoms with Crippen molar-refractivity contribution >= 4 is 27.8 Å². The highest BCUT2D eigenvalue weighted by molar-refractivity contribution is 5.86. The maximum atomic E-state index is 6.23. The van der Waals surface area contributed by atoms with Crippen molar-refractivity contribution in [1.29, 1.82) is 0 Å². The van der Waals surface area contributed by atoms with Crippen LogP contribution in [-0.4, -0.2) is 32.2 Å². The number of hydrogen-bond donors (Lipinski definition) is 1. The third-order valence-electron chi connectivity index (χ3n) is 6.10. The molecule has 0 amide bonds. The fraction of sp³-hybridized carbons (Fsp3) is 0.348. The van der Waals surface area contributed by atoms with Gasteiger partial charge in [-0.25, -0.2) is 9.97 Å². The summed E-state index contributed by atoms with van der Waals surface area (Å²) in [5.41, 5.74) is 9.07. The predicted molar refractivity (Wildman–Crippen MR) is 114 cm³/mol. The number of nitrogens with two attached hydrogens (primary N) is 1. The highest BCUT2D eigenvalue weighted by Crippen LogP contribution is 2.40. The SMILES string of the molecule is Nc1ncnc2c1ccn2C1CCC(COc2ccc3cc(C4CC4)cnc3c2)O1. The van der Waals surface area contributed by atoms with Crippen molar-refractivity contribution in [2.45, 2.75) is 43.9 Å². The molecule has 1 aliphatic carbocycles. The largest absolute Gasteiger partial charge is 0.491 e. The monoisotopic (exact) mass is 401 g/mol. The number of nitrogen functional groups attached to an aromatic ring is 1. The molecule has 1 aromatic carbocycles. The molecule has 0 spiro atoms. The van der Waals surface area contributed by atoms with Crippen molar-refractivity contribution in [3.8, 4) is 5.75 Å². The third-order valence-corrected chi connectivity index (χ3v) is 6.10. The summed E-state index contributed by atoms with van der Waals surface area (Å²) >= 11 is 0. The highest BCUT2D eigenvalue weighted by atomic mass is 16.6. The van der Waals surface area contributed by atoms with E-state index in [-0.39, 0.29) is 12.3 Å². The van der Waals surface area contributed by atoms with Crippen molar-refractivity contribution in [2.75, 3.05) is 12.3 Å². The number of pyridine rings is 1. The number of ether oxygens (including phenoxy) is 2. The van der Waals surface area contributed by atoms with E-state index in [2.05, 4.69) is 27.1 Å². The molecule has 2 fully saturated rings. The van der Waals surface area contributed by atoms with E-state index in [0.717, 1.165) is 35.1 Å². The molecule has 3 aromatic heterocycles. The minimum atomic E-state index is -0.0653. The lowest BCUT2D eigenvalue weighted by Gasteiger charge is -2.16. The van der Waals surface area contributed by atoms with Crippen molar-refractivity contribution in [1.82, 2.24) is 19.5 Å². The van der Waals surface area contributed by atoms with Gasteiger partial charge in [-0.1, -0.05) is 0 Å². The molecule has 2 N–H and O–H groups in total. The van der Waals surface area contributed by atoms with Gasteiger partial charge < -0.3 is 19.8 Å². The number of rotatable bonds is 5. The van der Waals surface area contributed by atoms with E-state index in [1.165, 1.54) is 30.1 Å². The molecule has 0 bridgehead atoms. The van der Waals surface area contributed by atoms with Crippen LogP contribution in [0.4, 0.5) is 5.82 Å². The Kier molecular flexibility index (Phi) is 4.09. The van der Waals surface area contributed by atoms with Gasteiger partial charge in [0.1, 0.15) is 36.4 Å². The van der Waals surface area contributed by atoms with Crippen molar-refractivity contribution in [3.05, 3.63) is 54.6 Å². The second-order valence-electron chi connectivity index (χ2n) is 8.22. The molecule has 2 atom stereocenters. The second kappa shape index (κ2) is 6.95. The average molecular weight is 401 g/mol. The van der Waals surface area contributed by atoms with E-state index < -0.39 is 0 Å². The maximum Gasteiger partial charge on any atom is 0.147 e. The molecule has 7 nitrogen and oxygen atoms in total. The molecule has 2 unspecified atom stereocenters. The topological polar surface area (TPSA) is 88.1 Å². The van der Waals surface area contributed by atoms with Crippen molar-refractivity contribution < 1.29 is 9.47 Å². The number of benzene rings is 1. The van der Waals surface area contributed by atoms with Gasteiger partial charge in [-0.2, -0.15) is 0 Å². The summed E-state index contributed by atoms with van der Waals surface area (Å²) in [5.74, 6) is 2.03. The fourth-order valence-corrected chi connectivity index (χ4v) is 4.27. The predicted octanol–water partition coefficient (Wildman–Crippen LogP) is 4.20. The Labute approximate surface area is 173 Å². The molecule has 7 heteroatoms. The Hall–Kier alpha value is -3.19. The zero-order valence-electron chi connectivity index (χ0n) is 16.6. The minimum Gasteiger partial charge on any atom is -0.491 e. The summed E-state index contributed by atoms with van der Waals surface area (Å²) in [6, 6.07) is 10.3. The summed E-state index contributed by atoms with van der Waals surface area (Å²) < 4.78 is 14.3.